The zero-order valence-electron chi connectivity index (χ0n) is 16.5. The Bertz CT molecular complexity index is 740. The van der Waals surface area contributed by atoms with E-state index in [1.165, 1.54) is 4.90 Å². The lowest BCUT2D eigenvalue weighted by Gasteiger charge is -2.32. The van der Waals surface area contributed by atoms with Gasteiger partial charge in [0.05, 0.1) is 38.2 Å². The molecule has 3 rings (SSSR count). The second-order valence-corrected chi connectivity index (χ2v) is 8.96. The van der Waals surface area contributed by atoms with Crippen molar-refractivity contribution in [2.45, 2.75) is 12.7 Å². The van der Waals surface area contributed by atoms with Crippen LogP contribution < -0.4 is 4.72 Å². The third kappa shape index (κ3) is 7.56. The first kappa shape index (κ1) is 22.0. The summed E-state index contributed by atoms with van der Waals surface area (Å²) in [6.45, 7) is 5.02. The topological polar surface area (TPSA) is 97.4 Å². The monoisotopic (exact) mass is 427 g/mol. The van der Waals surface area contributed by atoms with Gasteiger partial charge in [-0.25, -0.2) is 17.9 Å². The van der Waals surface area contributed by atoms with Gasteiger partial charge in [0.25, 0.3) is 0 Å². The van der Waals surface area contributed by atoms with Crippen molar-refractivity contribution in [3.8, 4) is 0 Å². The standard InChI is InChI=1S/C19H29N3O6S/c23-19(28-15-17-4-2-1-3-5-17)22-10-13-27-18(14-22)16-29(24,25)20-6-7-21-8-11-26-12-9-21/h1-5,18,20H,6-16H2. The van der Waals surface area contributed by atoms with Gasteiger partial charge in [0.15, 0.2) is 0 Å². The third-order valence-corrected chi connectivity index (χ3v) is 6.32. The van der Waals surface area contributed by atoms with Crippen LogP contribution in [0.4, 0.5) is 4.79 Å². The third-order valence-electron chi connectivity index (χ3n) is 4.86. The maximum Gasteiger partial charge on any atom is 0.410 e. The van der Waals surface area contributed by atoms with Crippen LogP contribution in [-0.4, -0.2) is 95.3 Å². The molecule has 1 N–H and O–H groups in total. The summed E-state index contributed by atoms with van der Waals surface area (Å²) in [5.74, 6) is -0.182. The molecule has 2 aliphatic heterocycles. The highest BCUT2D eigenvalue weighted by atomic mass is 32.2. The Morgan fingerprint density at radius 2 is 1.90 bits per heavy atom. The summed E-state index contributed by atoms with van der Waals surface area (Å²) < 4.78 is 43.5. The number of rotatable bonds is 8. The van der Waals surface area contributed by atoms with E-state index >= 15 is 0 Å². The Morgan fingerprint density at radius 1 is 1.14 bits per heavy atom. The molecule has 0 radical (unpaired) electrons. The number of amides is 1. The lowest BCUT2D eigenvalue weighted by atomic mass is 10.2. The minimum absolute atomic E-state index is 0.182. The van der Waals surface area contributed by atoms with Gasteiger partial charge in [-0.15, -0.1) is 0 Å². The van der Waals surface area contributed by atoms with Crippen LogP contribution in [0.25, 0.3) is 0 Å². The SMILES string of the molecule is O=C(OCc1ccccc1)N1CCOC(CS(=O)(=O)NCCN2CCOCC2)C1. The highest BCUT2D eigenvalue weighted by Crippen LogP contribution is 2.10. The van der Waals surface area contributed by atoms with Gasteiger partial charge in [0, 0.05) is 32.7 Å². The number of nitrogens with one attached hydrogen (secondary N) is 1. The van der Waals surface area contributed by atoms with Gasteiger partial charge < -0.3 is 19.1 Å². The number of benzene rings is 1. The van der Waals surface area contributed by atoms with E-state index in [2.05, 4.69) is 9.62 Å². The molecule has 162 valence electrons. The summed E-state index contributed by atoms with van der Waals surface area (Å²) in [4.78, 5) is 16.0. The quantitative estimate of drug-likeness (QED) is 0.636. The van der Waals surface area contributed by atoms with Crippen LogP contribution in [0.5, 0.6) is 0 Å². The van der Waals surface area contributed by atoms with Gasteiger partial charge in [0.2, 0.25) is 10.0 Å². The molecule has 2 saturated heterocycles. The number of hydrogen-bond acceptors (Lipinski definition) is 7. The van der Waals surface area contributed by atoms with Gasteiger partial charge in [0.1, 0.15) is 6.61 Å². The number of ether oxygens (including phenoxy) is 3. The molecule has 1 unspecified atom stereocenters. The van der Waals surface area contributed by atoms with Crippen molar-refractivity contribution < 1.29 is 27.4 Å². The number of sulfonamides is 1. The summed E-state index contributed by atoms with van der Waals surface area (Å²) in [6.07, 6.45) is -1.03. The van der Waals surface area contributed by atoms with E-state index in [9.17, 15) is 13.2 Å². The predicted molar refractivity (Wildman–Crippen MR) is 107 cm³/mol. The van der Waals surface area contributed by atoms with E-state index in [0.717, 1.165) is 18.7 Å². The lowest BCUT2D eigenvalue weighted by Crippen LogP contribution is -2.49. The van der Waals surface area contributed by atoms with Crippen LogP contribution in [0.1, 0.15) is 5.56 Å². The first-order valence-electron chi connectivity index (χ1n) is 9.86. The molecule has 10 heteroatoms. The predicted octanol–water partition coefficient (Wildman–Crippen LogP) is 0.276. The normalized spacial score (nSPS) is 21.1. The van der Waals surface area contributed by atoms with Crippen LogP contribution in [-0.2, 0) is 30.8 Å². The van der Waals surface area contributed by atoms with Gasteiger partial charge in [-0.05, 0) is 5.56 Å². The first-order chi connectivity index (χ1) is 14.0. The van der Waals surface area contributed by atoms with E-state index in [0.29, 0.717) is 32.8 Å². The second kappa shape index (κ2) is 10.9. The highest BCUT2D eigenvalue weighted by molar-refractivity contribution is 7.89. The molecule has 1 amide bonds. The molecule has 29 heavy (non-hydrogen) atoms. The van der Waals surface area contributed by atoms with Gasteiger partial charge in [-0.3, -0.25) is 4.90 Å². The Balaban J connectivity index is 1.40. The Hall–Kier alpha value is -1.72. The zero-order chi connectivity index (χ0) is 20.5. The molecule has 0 spiro atoms. The molecule has 2 fully saturated rings. The summed E-state index contributed by atoms with van der Waals surface area (Å²) in [6, 6.07) is 9.41. The fourth-order valence-electron chi connectivity index (χ4n) is 3.28. The summed E-state index contributed by atoms with van der Waals surface area (Å²) >= 11 is 0. The fraction of sp³-hybridized carbons (Fsp3) is 0.632. The summed E-state index contributed by atoms with van der Waals surface area (Å²) in [5, 5.41) is 0. The zero-order valence-corrected chi connectivity index (χ0v) is 17.3. The van der Waals surface area contributed by atoms with Crippen molar-refractivity contribution in [1.82, 2.24) is 14.5 Å². The largest absolute Gasteiger partial charge is 0.445 e. The Kier molecular flexibility index (Phi) is 8.25. The van der Waals surface area contributed by atoms with Crippen molar-refractivity contribution in [2.75, 3.05) is 64.8 Å². The second-order valence-electron chi connectivity index (χ2n) is 7.11. The van der Waals surface area contributed by atoms with E-state index < -0.39 is 22.2 Å². The molecular weight excluding hydrogens is 398 g/mol. The van der Waals surface area contributed by atoms with Gasteiger partial charge >= 0.3 is 6.09 Å². The van der Waals surface area contributed by atoms with Crippen LogP contribution in [0.2, 0.25) is 0 Å². The van der Waals surface area contributed by atoms with Crippen molar-refractivity contribution in [2.24, 2.45) is 0 Å². The van der Waals surface area contributed by atoms with Crippen molar-refractivity contribution in [1.29, 1.82) is 0 Å². The van der Waals surface area contributed by atoms with Crippen LogP contribution >= 0.6 is 0 Å². The molecule has 2 aliphatic rings. The average Bonchev–Trinajstić information content (AvgIpc) is 2.73. The van der Waals surface area contributed by atoms with E-state index in [-0.39, 0.29) is 25.5 Å². The molecule has 2 heterocycles. The maximum atomic E-state index is 12.4. The fourth-order valence-corrected chi connectivity index (χ4v) is 4.50. The number of carbonyl (C=O) groups excluding carboxylic acids is 1. The molecule has 1 atom stereocenters. The Labute approximate surface area is 171 Å². The number of morpholine rings is 2. The van der Waals surface area contributed by atoms with Crippen LogP contribution in [0.3, 0.4) is 0 Å². The van der Waals surface area contributed by atoms with Gasteiger partial charge in [-0.2, -0.15) is 0 Å². The molecule has 0 aliphatic carbocycles. The number of nitrogens with zero attached hydrogens (tertiary/aromatic N) is 2. The molecule has 0 bridgehead atoms. The first-order valence-corrected chi connectivity index (χ1v) is 11.5. The lowest BCUT2D eigenvalue weighted by molar-refractivity contribution is -0.0179. The minimum atomic E-state index is -3.50. The average molecular weight is 428 g/mol. The molecule has 9 nitrogen and oxygen atoms in total. The summed E-state index contributed by atoms with van der Waals surface area (Å²) in [7, 11) is -3.50. The van der Waals surface area contributed by atoms with E-state index in [1.54, 1.807) is 0 Å². The number of hydrogen-bond donors (Lipinski definition) is 1. The molecule has 0 saturated carbocycles. The summed E-state index contributed by atoms with van der Waals surface area (Å²) in [5.41, 5.74) is 0.901. The van der Waals surface area contributed by atoms with E-state index in [1.807, 2.05) is 30.3 Å². The smallest absolute Gasteiger partial charge is 0.410 e. The number of carbonyl (C=O) groups is 1. The maximum absolute atomic E-state index is 12.4. The molecule has 1 aromatic carbocycles. The van der Waals surface area contributed by atoms with Crippen LogP contribution in [0.15, 0.2) is 30.3 Å². The molecule has 0 aromatic heterocycles. The van der Waals surface area contributed by atoms with E-state index in [4.69, 9.17) is 14.2 Å². The van der Waals surface area contributed by atoms with Crippen molar-refractivity contribution in [3.63, 3.8) is 0 Å². The highest BCUT2D eigenvalue weighted by Gasteiger charge is 2.29. The van der Waals surface area contributed by atoms with Crippen LogP contribution in [0, 0.1) is 0 Å². The molecule has 1 aromatic rings. The Morgan fingerprint density at radius 3 is 2.66 bits per heavy atom. The molecular formula is C19H29N3O6S. The minimum Gasteiger partial charge on any atom is -0.445 e. The van der Waals surface area contributed by atoms with Crippen molar-refractivity contribution >= 4 is 16.1 Å². The van der Waals surface area contributed by atoms with Gasteiger partial charge in [-0.1, -0.05) is 30.3 Å². The van der Waals surface area contributed by atoms with Crippen molar-refractivity contribution in [3.05, 3.63) is 35.9 Å².